The summed E-state index contributed by atoms with van der Waals surface area (Å²) in [6.07, 6.45) is 2.99. The molecule has 4 rings (SSSR count). The number of ether oxygens (including phenoxy) is 1. The third kappa shape index (κ3) is 6.22. The minimum absolute atomic E-state index is 0.0266. The van der Waals surface area contributed by atoms with Crippen LogP contribution < -0.4 is 20.7 Å². The van der Waals surface area contributed by atoms with E-state index in [2.05, 4.69) is 37.8 Å². The van der Waals surface area contributed by atoms with E-state index in [9.17, 15) is 22.4 Å². The molecule has 0 aromatic carbocycles. The predicted octanol–water partition coefficient (Wildman–Crippen LogP) is 3.24. The van der Waals surface area contributed by atoms with Crippen LogP contribution in [0.5, 0.6) is 5.88 Å². The first-order chi connectivity index (χ1) is 18.1. The molecule has 1 amide bonds. The third-order valence-electron chi connectivity index (χ3n) is 5.74. The van der Waals surface area contributed by atoms with Crippen LogP contribution in [0.15, 0.2) is 35.7 Å². The van der Waals surface area contributed by atoms with Gasteiger partial charge in [-0.3, -0.25) is 4.79 Å². The van der Waals surface area contributed by atoms with E-state index in [1.165, 1.54) is 49.3 Å². The van der Waals surface area contributed by atoms with Gasteiger partial charge in [0.15, 0.2) is 5.82 Å². The quantitative estimate of drug-likeness (QED) is 0.234. The van der Waals surface area contributed by atoms with Gasteiger partial charge in [-0.1, -0.05) is 11.8 Å². The van der Waals surface area contributed by atoms with Crippen LogP contribution in [-0.4, -0.2) is 83.7 Å². The summed E-state index contributed by atoms with van der Waals surface area (Å²) in [5.41, 5.74) is -3.38. The van der Waals surface area contributed by atoms with Crippen molar-refractivity contribution in [3.63, 3.8) is 0 Å². The zero-order valence-electron chi connectivity index (χ0n) is 20.7. The van der Waals surface area contributed by atoms with Crippen LogP contribution in [0.3, 0.4) is 0 Å². The molecule has 0 spiro atoms. The van der Waals surface area contributed by atoms with E-state index in [4.69, 9.17) is 4.74 Å². The van der Waals surface area contributed by atoms with Crippen molar-refractivity contribution in [2.75, 3.05) is 51.5 Å². The Balaban J connectivity index is 1.62. The summed E-state index contributed by atoms with van der Waals surface area (Å²) in [4.78, 5) is 22.1. The molecule has 4 heterocycles. The van der Waals surface area contributed by atoms with Gasteiger partial charge in [-0.15, -0.1) is 0 Å². The van der Waals surface area contributed by atoms with E-state index in [1.807, 2.05) is 4.90 Å². The summed E-state index contributed by atoms with van der Waals surface area (Å²) < 4.78 is 61.2. The Labute approximate surface area is 220 Å². The van der Waals surface area contributed by atoms with Gasteiger partial charge in [0.1, 0.15) is 11.2 Å². The fourth-order valence-corrected chi connectivity index (χ4v) is 4.74. The van der Waals surface area contributed by atoms with E-state index >= 15 is 0 Å². The molecular formula is C24H25F4N7O2S. The molecule has 1 saturated heterocycles. The molecule has 14 heteroatoms. The summed E-state index contributed by atoms with van der Waals surface area (Å²) >= 11 is -0.288. The number of hydrogen-bond donors (Lipinski definition) is 3. The Hall–Kier alpha value is -3.70. The molecule has 3 N–H and O–H groups in total. The van der Waals surface area contributed by atoms with Crippen LogP contribution in [0.2, 0.25) is 0 Å². The molecule has 38 heavy (non-hydrogen) atoms. The number of fused-ring (bicyclic) bond motifs is 1. The lowest BCUT2D eigenvalue weighted by Crippen LogP contribution is -2.30. The minimum Gasteiger partial charge on any atom is -0.480 e. The van der Waals surface area contributed by atoms with Crippen molar-refractivity contribution in [2.45, 2.75) is 22.7 Å². The number of rotatable bonds is 7. The second-order valence-corrected chi connectivity index (χ2v) is 9.50. The third-order valence-corrected chi connectivity index (χ3v) is 6.58. The molecule has 3 aromatic rings. The smallest absolute Gasteiger partial charge is 0.447 e. The van der Waals surface area contributed by atoms with Crippen LogP contribution in [0.4, 0.5) is 29.1 Å². The molecule has 1 aliphatic rings. The van der Waals surface area contributed by atoms with E-state index in [0.717, 1.165) is 0 Å². The molecule has 9 nitrogen and oxygen atoms in total. The van der Waals surface area contributed by atoms with Gasteiger partial charge >= 0.3 is 5.51 Å². The molecule has 0 saturated carbocycles. The first-order valence-corrected chi connectivity index (χ1v) is 12.2. The van der Waals surface area contributed by atoms with Gasteiger partial charge < -0.3 is 30.0 Å². The lowest BCUT2D eigenvalue weighted by molar-refractivity contribution is -0.0329. The average Bonchev–Trinajstić information content (AvgIpc) is 3.38. The van der Waals surface area contributed by atoms with Gasteiger partial charge in [-0.25, -0.2) is 14.4 Å². The van der Waals surface area contributed by atoms with Gasteiger partial charge in [0, 0.05) is 50.5 Å². The second-order valence-electron chi connectivity index (χ2n) is 8.45. The van der Waals surface area contributed by atoms with Crippen molar-refractivity contribution in [1.82, 2.24) is 24.6 Å². The van der Waals surface area contributed by atoms with Gasteiger partial charge in [-0.2, -0.15) is 13.2 Å². The number of hydrogen-bond acceptors (Lipinski definition) is 8. The lowest BCUT2D eigenvalue weighted by atomic mass is 10.2. The minimum atomic E-state index is -4.56. The molecule has 1 aliphatic heterocycles. The van der Waals surface area contributed by atoms with E-state index in [1.54, 1.807) is 7.05 Å². The molecule has 0 bridgehead atoms. The van der Waals surface area contributed by atoms with Crippen LogP contribution in [-0.2, 0) is 0 Å². The SMILES string of the molecule is CNC(=O)c1cnc(OC)c(NCC#Cc2cc3c(N[C@@H]4CN(C)C[C@@H]4F)nccn3c2SC(F)(F)F)c1. The number of anilines is 2. The van der Waals surface area contributed by atoms with Crippen LogP contribution in [0, 0.1) is 11.8 Å². The maximum atomic E-state index is 14.4. The van der Waals surface area contributed by atoms with Crippen molar-refractivity contribution in [2.24, 2.45) is 0 Å². The highest BCUT2D eigenvalue weighted by Gasteiger charge is 2.34. The Morgan fingerprint density at radius 2 is 2.08 bits per heavy atom. The highest BCUT2D eigenvalue weighted by Crippen LogP contribution is 2.40. The first kappa shape index (κ1) is 27.3. The number of aromatic nitrogens is 3. The van der Waals surface area contributed by atoms with E-state index in [-0.39, 0.29) is 53.0 Å². The average molecular weight is 552 g/mol. The highest BCUT2D eigenvalue weighted by atomic mass is 32.2. The normalized spacial score (nSPS) is 17.7. The van der Waals surface area contributed by atoms with Gasteiger partial charge in [0.25, 0.3) is 5.91 Å². The van der Waals surface area contributed by atoms with Crippen molar-refractivity contribution in [3.8, 4) is 17.7 Å². The zero-order valence-corrected chi connectivity index (χ0v) is 21.5. The lowest BCUT2D eigenvalue weighted by Gasteiger charge is -2.16. The molecule has 3 aromatic heterocycles. The number of carbonyl (C=O) groups is 1. The van der Waals surface area contributed by atoms with Crippen LogP contribution >= 0.6 is 11.8 Å². The molecule has 0 radical (unpaired) electrons. The Kier molecular flexibility index (Phi) is 8.17. The monoisotopic (exact) mass is 551 g/mol. The van der Waals surface area contributed by atoms with Crippen LogP contribution in [0.1, 0.15) is 15.9 Å². The Bertz CT molecular complexity index is 1390. The fraction of sp³-hybridized carbons (Fsp3) is 0.375. The summed E-state index contributed by atoms with van der Waals surface area (Å²) in [6, 6.07) is 2.49. The number of likely N-dealkylation sites (tertiary alicyclic amines) is 1. The standard InChI is InChI=1S/C24H25F4N7O2S/c1-29-21(36)15-9-17(22(37-3)32-11-15)30-6-4-5-14-10-19-20(33-18-13-34(2)12-16(18)25)31-7-8-35(19)23(14)38-24(26,27)28/h7-11,16,18,30H,6,12-13H2,1-3H3,(H,29,36)(H,31,33)/t16-,18+/m0/s1. The molecule has 0 aliphatic carbocycles. The number of likely N-dealkylation sites (N-methyl/N-ethyl adjacent to an activating group) is 1. The van der Waals surface area contributed by atoms with Crippen molar-refractivity contribution >= 4 is 34.7 Å². The van der Waals surface area contributed by atoms with Gasteiger partial charge in [-0.05, 0) is 19.2 Å². The fourth-order valence-electron chi connectivity index (χ4n) is 4.04. The molecular weight excluding hydrogens is 526 g/mol. The number of nitrogens with zero attached hydrogens (tertiary/aromatic N) is 4. The number of pyridine rings is 1. The van der Waals surface area contributed by atoms with Crippen LogP contribution in [0.25, 0.3) is 5.52 Å². The maximum Gasteiger partial charge on any atom is 0.447 e. The number of amides is 1. The number of methoxy groups -OCH3 is 1. The second kappa shape index (κ2) is 11.4. The molecule has 1 fully saturated rings. The van der Waals surface area contributed by atoms with E-state index in [0.29, 0.717) is 23.3 Å². The molecule has 0 unspecified atom stereocenters. The maximum absolute atomic E-state index is 14.4. The number of alkyl halides is 4. The highest BCUT2D eigenvalue weighted by molar-refractivity contribution is 8.00. The summed E-state index contributed by atoms with van der Waals surface area (Å²) in [6.45, 7) is 0.721. The Morgan fingerprint density at radius 1 is 1.29 bits per heavy atom. The summed E-state index contributed by atoms with van der Waals surface area (Å²) in [5, 5.41) is 8.38. The number of halogens is 4. The zero-order chi connectivity index (χ0) is 27.4. The van der Waals surface area contributed by atoms with Crippen molar-refractivity contribution in [1.29, 1.82) is 0 Å². The number of carbonyl (C=O) groups excluding carboxylic acids is 1. The largest absolute Gasteiger partial charge is 0.480 e. The molecule has 202 valence electrons. The molecule has 2 atom stereocenters. The van der Waals surface area contributed by atoms with Crippen molar-refractivity contribution < 1.29 is 27.1 Å². The predicted molar refractivity (Wildman–Crippen MR) is 136 cm³/mol. The van der Waals surface area contributed by atoms with Gasteiger partial charge in [0.2, 0.25) is 5.88 Å². The Morgan fingerprint density at radius 3 is 2.74 bits per heavy atom. The summed E-state index contributed by atoms with van der Waals surface area (Å²) in [5.74, 6) is 5.75. The number of thioether (sulfide) groups is 1. The first-order valence-electron chi connectivity index (χ1n) is 11.4. The topological polar surface area (TPSA) is 95.8 Å². The van der Waals surface area contributed by atoms with Gasteiger partial charge in [0.05, 0.1) is 42.0 Å². The van der Waals surface area contributed by atoms with Crippen molar-refractivity contribution in [3.05, 3.63) is 41.9 Å². The number of nitrogens with one attached hydrogen (secondary N) is 3. The van der Waals surface area contributed by atoms with E-state index < -0.39 is 17.7 Å². The summed E-state index contributed by atoms with van der Waals surface area (Å²) in [7, 11) is 4.70.